The number of likely N-dealkylation sites (N-methyl/N-ethyl adjacent to an activating group) is 1. The highest BCUT2D eigenvalue weighted by Crippen LogP contribution is 2.26. The predicted octanol–water partition coefficient (Wildman–Crippen LogP) is 1.26. The first-order valence-corrected chi connectivity index (χ1v) is 6.94. The number of amides is 2. The number of rotatable bonds is 5. The smallest absolute Gasteiger partial charge is 0.251 e. The van der Waals surface area contributed by atoms with Crippen LogP contribution in [-0.2, 0) is 4.79 Å². The molecule has 0 aromatic heterocycles. The van der Waals surface area contributed by atoms with Crippen molar-refractivity contribution in [2.45, 2.75) is 19.3 Å². The Labute approximate surface area is 119 Å². The van der Waals surface area contributed by atoms with E-state index in [-0.39, 0.29) is 18.4 Å². The molecule has 0 bridgehead atoms. The van der Waals surface area contributed by atoms with Gasteiger partial charge in [0.15, 0.2) is 0 Å². The SMILES string of the molecule is CN(CC1CCC1)C(=O)CNC(=O)c1ccc(N)cc1. The van der Waals surface area contributed by atoms with Crippen molar-refractivity contribution >= 4 is 17.5 Å². The van der Waals surface area contributed by atoms with Crippen LogP contribution in [0.1, 0.15) is 29.6 Å². The number of hydrogen-bond acceptors (Lipinski definition) is 3. The number of carbonyl (C=O) groups is 2. The Morgan fingerprint density at radius 1 is 1.30 bits per heavy atom. The number of nitrogens with one attached hydrogen (secondary N) is 1. The molecule has 1 aromatic rings. The molecule has 1 aliphatic rings. The maximum absolute atomic E-state index is 11.9. The average Bonchev–Trinajstić information content (AvgIpc) is 2.40. The summed E-state index contributed by atoms with van der Waals surface area (Å²) in [6, 6.07) is 6.62. The Balaban J connectivity index is 1.77. The molecule has 1 aromatic carbocycles. The maximum Gasteiger partial charge on any atom is 0.251 e. The van der Waals surface area contributed by atoms with E-state index in [0.29, 0.717) is 17.2 Å². The molecule has 1 saturated carbocycles. The molecule has 1 aliphatic carbocycles. The van der Waals surface area contributed by atoms with Gasteiger partial charge in [0.05, 0.1) is 6.54 Å². The summed E-state index contributed by atoms with van der Waals surface area (Å²) in [5.74, 6) is 0.327. The second-order valence-corrected chi connectivity index (χ2v) is 5.38. The average molecular weight is 275 g/mol. The second kappa shape index (κ2) is 6.41. The van der Waals surface area contributed by atoms with Crippen molar-refractivity contribution in [3.05, 3.63) is 29.8 Å². The third-order valence-electron chi connectivity index (χ3n) is 3.76. The van der Waals surface area contributed by atoms with Gasteiger partial charge in [-0.15, -0.1) is 0 Å². The van der Waals surface area contributed by atoms with Crippen LogP contribution in [0.3, 0.4) is 0 Å². The fraction of sp³-hybridized carbons (Fsp3) is 0.467. The van der Waals surface area contributed by atoms with Crippen molar-refractivity contribution in [2.75, 3.05) is 25.9 Å². The molecule has 0 heterocycles. The summed E-state index contributed by atoms with van der Waals surface area (Å²) >= 11 is 0. The van der Waals surface area contributed by atoms with Gasteiger partial charge in [-0.1, -0.05) is 6.42 Å². The van der Waals surface area contributed by atoms with E-state index in [4.69, 9.17) is 5.73 Å². The van der Waals surface area contributed by atoms with Crippen LogP contribution in [0, 0.1) is 5.92 Å². The highest BCUT2D eigenvalue weighted by Gasteiger charge is 2.21. The molecule has 5 nitrogen and oxygen atoms in total. The summed E-state index contributed by atoms with van der Waals surface area (Å²) in [6.45, 7) is 0.822. The molecule has 0 atom stereocenters. The fourth-order valence-corrected chi connectivity index (χ4v) is 2.19. The van der Waals surface area contributed by atoms with Gasteiger partial charge in [0, 0.05) is 24.8 Å². The first-order chi connectivity index (χ1) is 9.56. The van der Waals surface area contributed by atoms with Gasteiger partial charge < -0.3 is 16.0 Å². The van der Waals surface area contributed by atoms with E-state index in [2.05, 4.69) is 5.32 Å². The van der Waals surface area contributed by atoms with E-state index in [9.17, 15) is 9.59 Å². The minimum atomic E-state index is -0.254. The number of carbonyl (C=O) groups excluding carboxylic acids is 2. The van der Waals surface area contributed by atoms with Crippen molar-refractivity contribution in [3.63, 3.8) is 0 Å². The zero-order valence-corrected chi connectivity index (χ0v) is 11.8. The van der Waals surface area contributed by atoms with Crippen molar-refractivity contribution in [1.82, 2.24) is 10.2 Å². The topological polar surface area (TPSA) is 75.4 Å². The Morgan fingerprint density at radius 3 is 2.50 bits per heavy atom. The number of hydrogen-bond donors (Lipinski definition) is 2. The van der Waals surface area contributed by atoms with Gasteiger partial charge in [-0.05, 0) is 43.0 Å². The van der Waals surface area contributed by atoms with Gasteiger partial charge in [-0.3, -0.25) is 9.59 Å². The molecule has 2 amide bonds. The molecular formula is C15H21N3O2. The molecule has 0 aliphatic heterocycles. The summed E-state index contributed by atoms with van der Waals surface area (Å²) in [5.41, 5.74) is 6.68. The van der Waals surface area contributed by atoms with Gasteiger partial charge >= 0.3 is 0 Å². The summed E-state index contributed by atoms with van der Waals surface area (Å²) in [5, 5.41) is 2.64. The first-order valence-electron chi connectivity index (χ1n) is 6.94. The van der Waals surface area contributed by atoms with Crippen LogP contribution in [0.2, 0.25) is 0 Å². The quantitative estimate of drug-likeness (QED) is 0.794. The minimum Gasteiger partial charge on any atom is -0.399 e. The summed E-state index contributed by atoms with van der Waals surface area (Å²) < 4.78 is 0. The predicted molar refractivity (Wildman–Crippen MR) is 78.2 cm³/mol. The third kappa shape index (κ3) is 3.73. The Kier molecular flexibility index (Phi) is 4.61. The van der Waals surface area contributed by atoms with Crippen molar-refractivity contribution in [1.29, 1.82) is 0 Å². The van der Waals surface area contributed by atoms with Gasteiger partial charge in [0.25, 0.3) is 5.91 Å². The zero-order chi connectivity index (χ0) is 14.5. The lowest BCUT2D eigenvalue weighted by atomic mass is 9.85. The van der Waals surface area contributed by atoms with E-state index in [1.54, 1.807) is 36.2 Å². The van der Waals surface area contributed by atoms with Crippen LogP contribution in [0.5, 0.6) is 0 Å². The Hall–Kier alpha value is -2.04. The normalized spacial score (nSPS) is 14.4. The van der Waals surface area contributed by atoms with Gasteiger partial charge in [-0.25, -0.2) is 0 Å². The van der Waals surface area contributed by atoms with Crippen LogP contribution in [0.25, 0.3) is 0 Å². The van der Waals surface area contributed by atoms with Crippen LogP contribution >= 0.6 is 0 Å². The standard InChI is InChI=1S/C15H21N3O2/c1-18(10-11-3-2-4-11)14(19)9-17-15(20)12-5-7-13(16)8-6-12/h5-8,11H,2-4,9-10,16H2,1H3,(H,17,20). The minimum absolute atomic E-state index is 0.0342. The number of anilines is 1. The molecule has 108 valence electrons. The first kappa shape index (κ1) is 14.4. The molecule has 0 radical (unpaired) electrons. The number of nitrogen functional groups attached to an aromatic ring is 1. The summed E-state index contributed by atoms with van der Waals surface area (Å²) in [4.78, 5) is 25.5. The molecular weight excluding hydrogens is 254 g/mol. The van der Waals surface area contributed by atoms with E-state index >= 15 is 0 Å². The highest BCUT2D eigenvalue weighted by atomic mass is 16.2. The number of nitrogens with zero attached hydrogens (tertiary/aromatic N) is 1. The number of nitrogens with two attached hydrogens (primary N) is 1. The van der Waals surface area contributed by atoms with Crippen molar-refractivity contribution in [3.8, 4) is 0 Å². The maximum atomic E-state index is 11.9. The van der Waals surface area contributed by atoms with Gasteiger partial charge in [0.2, 0.25) is 5.91 Å². The summed E-state index contributed by atoms with van der Waals surface area (Å²) in [7, 11) is 1.79. The monoisotopic (exact) mass is 275 g/mol. The van der Waals surface area contributed by atoms with Gasteiger partial charge in [0.1, 0.15) is 0 Å². The van der Waals surface area contributed by atoms with Gasteiger partial charge in [-0.2, -0.15) is 0 Å². The molecule has 20 heavy (non-hydrogen) atoms. The van der Waals surface area contributed by atoms with E-state index in [0.717, 1.165) is 6.54 Å². The fourth-order valence-electron chi connectivity index (χ4n) is 2.19. The lowest BCUT2D eigenvalue weighted by Gasteiger charge is -2.30. The van der Waals surface area contributed by atoms with E-state index in [1.165, 1.54) is 19.3 Å². The largest absolute Gasteiger partial charge is 0.399 e. The molecule has 3 N–H and O–H groups in total. The van der Waals surface area contributed by atoms with Crippen LogP contribution in [-0.4, -0.2) is 36.9 Å². The molecule has 1 fully saturated rings. The highest BCUT2D eigenvalue weighted by molar-refractivity contribution is 5.96. The second-order valence-electron chi connectivity index (χ2n) is 5.38. The van der Waals surface area contributed by atoms with E-state index < -0.39 is 0 Å². The molecule has 2 rings (SSSR count). The van der Waals surface area contributed by atoms with Crippen LogP contribution < -0.4 is 11.1 Å². The van der Waals surface area contributed by atoms with Crippen LogP contribution in [0.15, 0.2) is 24.3 Å². The van der Waals surface area contributed by atoms with Crippen molar-refractivity contribution < 1.29 is 9.59 Å². The summed E-state index contributed by atoms with van der Waals surface area (Å²) in [6.07, 6.45) is 3.67. The Bertz CT molecular complexity index is 480. The van der Waals surface area contributed by atoms with Crippen molar-refractivity contribution in [2.24, 2.45) is 5.92 Å². The molecule has 0 unspecified atom stereocenters. The molecule has 0 spiro atoms. The third-order valence-corrected chi connectivity index (χ3v) is 3.76. The van der Waals surface area contributed by atoms with E-state index in [1.807, 2.05) is 0 Å². The molecule has 0 saturated heterocycles. The molecule has 5 heteroatoms. The van der Waals surface area contributed by atoms with Crippen LogP contribution in [0.4, 0.5) is 5.69 Å². The Morgan fingerprint density at radius 2 is 1.95 bits per heavy atom. The number of benzene rings is 1. The lowest BCUT2D eigenvalue weighted by Crippen LogP contribution is -2.41. The lowest BCUT2D eigenvalue weighted by molar-refractivity contribution is -0.129. The zero-order valence-electron chi connectivity index (χ0n) is 11.8.